The summed E-state index contributed by atoms with van der Waals surface area (Å²) in [5.74, 6) is -6.57. The number of carbonyl (C=O) groups excluding carboxylic acids is 2. The van der Waals surface area contributed by atoms with Crippen molar-refractivity contribution in [3.63, 3.8) is 0 Å². The third-order valence-electron chi connectivity index (χ3n) is 5.00. The third kappa shape index (κ3) is 6.83. The fraction of sp³-hybridized carbons (Fsp3) is 0.421. The Morgan fingerprint density at radius 1 is 1.22 bits per heavy atom. The third-order valence-corrected chi connectivity index (χ3v) is 5.00. The van der Waals surface area contributed by atoms with Crippen LogP contribution in [0, 0.1) is 27.6 Å². The number of hydrogen-bond donors (Lipinski definition) is 2. The van der Waals surface area contributed by atoms with E-state index in [1.54, 1.807) is 0 Å². The minimum Gasteiger partial charge on any atom is -0.464 e. The summed E-state index contributed by atoms with van der Waals surface area (Å²) in [5, 5.41) is 13.6. The highest BCUT2D eigenvalue weighted by molar-refractivity contribution is 5.89. The Bertz CT molecular complexity index is 1150. The Hall–Kier alpha value is -3.89. The van der Waals surface area contributed by atoms with Crippen molar-refractivity contribution in [1.82, 2.24) is 14.5 Å². The lowest BCUT2D eigenvalue weighted by Crippen LogP contribution is -2.42. The number of fused-ring (bicyclic) bond motifs is 1. The normalized spacial score (nSPS) is 13.8. The van der Waals surface area contributed by atoms with Gasteiger partial charge in [0, 0.05) is 31.6 Å². The van der Waals surface area contributed by atoms with Crippen molar-refractivity contribution in [3.05, 3.63) is 62.5 Å². The molecule has 0 saturated heterocycles. The van der Waals surface area contributed by atoms with Crippen molar-refractivity contribution in [2.75, 3.05) is 13.7 Å². The smallest absolute Gasteiger partial charge is 0.449 e. The molecule has 1 aliphatic heterocycles. The highest BCUT2D eigenvalue weighted by atomic mass is 19.4. The number of benzene rings is 1. The standard InChI is InChI=1S/C19H18F6N4O3.HNO3/c1-32-17(31)16-14-8-28(2-3-29(14)18(27-16)19(23,24)25)15(30)6-10(26)4-9-5-12(21)13(22)7-11(9)20;2-1(3)4/h5,7,10H,2-4,6,8,26H2,1H3;(H,2,3,4)/t10-;/m1./s1. The van der Waals surface area contributed by atoms with Gasteiger partial charge in [0.05, 0.1) is 19.3 Å². The summed E-state index contributed by atoms with van der Waals surface area (Å²) in [6.07, 6.45) is -5.43. The Kier molecular flexibility index (Phi) is 8.84. The number of nitrogens with zero attached hydrogens (tertiary/aromatic N) is 4. The van der Waals surface area contributed by atoms with Crippen molar-refractivity contribution in [1.29, 1.82) is 0 Å². The molecule has 1 atom stereocenters. The minimum absolute atomic E-state index is 0.113. The zero-order valence-corrected chi connectivity index (χ0v) is 18.4. The van der Waals surface area contributed by atoms with Gasteiger partial charge in [0.2, 0.25) is 11.7 Å². The van der Waals surface area contributed by atoms with Crippen LogP contribution in [0.3, 0.4) is 0 Å². The lowest BCUT2D eigenvalue weighted by Gasteiger charge is -2.30. The van der Waals surface area contributed by atoms with Crippen molar-refractivity contribution in [2.45, 2.75) is 38.1 Å². The summed E-state index contributed by atoms with van der Waals surface area (Å²) in [6.45, 7) is -0.732. The van der Waals surface area contributed by atoms with E-state index in [0.717, 1.165) is 11.7 Å². The van der Waals surface area contributed by atoms with Gasteiger partial charge in [0.25, 0.3) is 5.09 Å². The highest BCUT2D eigenvalue weighted by Crippen LogP contribution is 2.32. The zero-order chi connectivity index (χ0) is 27.4. The summed E-state index contributed by atoms with van der Waals surface area (Å²) in [7, 11) is 0.990. The summed E-state index contributed by atoms with van der Waals surface area (Å²) in [6, 6.07) is 0.0485. The largest absolute Gasteiger partial charge is 0.464 e. The van der Waals surface area contributed by atoms with Gasteiger partial charge in [-0.05, 0) is 18.1 Å². The molecular weight excluding hydrogens is 508 g/mol. The predicted molar refractivity (Wildman–Crippen MR) is 105 cm³/mol. The average molecular weight is 527 g/mol. The van der Waals surface area contributed by atoms with Crippen LogP contribution in [0.2, 0.25) is 0 Å². The number of ether oxygens (including phenoxy) is 1. The van der Waals surface area contributed by atoms with E-state index >= 15 is 0 Å². The molecule has 1 amide bonds. The molecular formula is C19H19F6N5O6. The number of nitrogens with two attached hydrogens (primary N) is 1. The van der Waals surface area contributed by atoms with Gasteiger partial charge in [-0.3, -0.25) is 4.79 Å². The van der Waals surface area contributed by atoms with Crippen LogP contribution in [0.4, 0.5) is 26.3 Å². The van der Waals surface area contributed by atoms with E-state index in [1.165, 1.54) is 4.90 Å². The molecule has 0 saturated carbocycles. The zero-order valence-electron chi connectivity index (χ0n) is 18.4. The molecule has 3 N–H and O–H groups in total. The van der Waals surface area contributed by atoms with E-state index in [9.17, 15) is 35.9 Å². The number of amides is 1. The monoisotopic (exact) mass is 527 g/mol. The molecule has 36 heavy (non-hydrogen) atoms. The number of hydrogen-bond acceptors (Lipinski definition) is 7. The van der Waals surface area contributed by atoms with E-state index in [-0.39, 0.29) is 43.7 Å². The second kappa shape index (κ2) is 11.2. The Morgan fingerprint density at radius 3 is 2.36 bits per heavy atom. The van der Waals surface area contributed by atoms with Crippen LogP contribution in [-0.4, -0.2) is 56.3 Å². The van der Waals surface area contributed by atoms with Crippen LogP contribution >= 0.6 is 0 Å². The van der Waals surface area contributed by atoms with Crippen LogP contribution < -0.4 is 5.73 Å². The number of aromatic nitrogens is 2. The van der Waals surface area contributed by atoms with Gasteiger partial charge in [-0.2, -0.15) is 13.2 Å². The Balaban J connectivity index is 0.00000106. The molecule has 2 heterocycles. The molecule has 0 unspecified atom stereocenters. The van der Waals surface area contributed by atoms with Crippen molar-refractivity contribution >= 4 is 11.9 Å². The summed E-state index contributed by atoms with van der Waals surface area (Å²) in [5.41, 5.74) is 4.95. The molecule has 1 aromatic heterocycles. The molecule has 0 fully saturated rings. The molecule has 0 spiro atoms. The van der Waals surface area contributed by atoms with Crippen LogP contribution in [-0.2, 0) is 35.2 Å². The second-order valence-electron chi connectivity index (χ2n) is 7.45. The maximum Gasteiger partial charge on any atom is 0.449 e. The lowest BCUT2D eigenvalue weighted by atomic mass is 10.0. The number of carbonyl (C=O) groups is 2. The topological polar surface area (TPSA) is 154 Å². The quantitative estimate of drug-likeness (QED) is 0.197. The van der Waals surface area contributed by atoms with Crippen LogP contribution in [0.5, 0.6) is 0 Å². The predicted octanol–water partition coefficient (Wildman–Crippen LogP) is 2.06. The van der Waals surface area contributed by atoms with Crippen molar-refractivity contribution < 1.29 is 51.0 Å². The molecule has 17 heteroatoms. The second-order valence-corrected chi connectivity index (χ2v) is 7.45. The minimum atomic E-state index is -4.82. The van der Waals surface area contributed by atoms with Crippen LogP contribution in [0.25, 0.3) is 0 Å². The van der Waals surface area contributed by atoms with E-state index < -0.39 is 58.2 Å². The number of halogens is 6. The summed E-state index contributed by atoms with van der Waals surface area (Å²) < 4.78 is 85.3. The van der Waals surface area contributed by atoms with E-state index in [2.05, 4.69) is 9.72 Å². The lowest BCUT2D eigenvalue weighted by molar-refractivity contribution is -0.742. The maximum absolute atomic E-state index is 13.8. The first-order valence-corrected chi connectivity index (χ1v) is 9.90. The van der Waals surface area contributed by atoms with Gasteiger partial charge in [0.1, 0.15) is 5.82 Å². The first kappa shape index (κ1) is 28.3. The molecule has 11 nitrogen and oxygen atoms in total. The van der Waals surface area contributed by atoms with Gasteiger partial charge in [0.15, 0.2) is 17.3 Å². The van der Waals surface area contributed by atoms with Gasteiger partial charge in [-0.1, -0.05) is 0 Å². The molecule has 198 valence electrons. The average Bonchev–Trinajstić information content (AvgIpc) is 3.16. The molecule has 1 aromatic carbocycles. The van der Waals surface area contributed by atoms with Crippen molar-refractivity contribution in [2.24, 2.45) is 5.73 Å². The number of esters is 1. The van der Waals surface area contributed by atoms with Crippen LogP contribution in [0.15, 0.2) is 12.1 Å². The number of alkyl halides is 3. The van der Waals surface area contributed by atoms with E-state index in [1.807, 2.05) is 0 Å². The van der Waals surface area contributed by atoms with Gasteiger partial charge < -0.3 is 25.1 Å². The molecule has 2 aromatic rings. The van der Waals surface area contributed by atoms with Crippen molar-refractivity contribution in [3.8, 4) is 0 Å². The van der Waals surface area contributed by atoms with E-state index in [0.29, 0.717) is 12.1 Å². The number of methoxy groups -OCH3 is 1. The maximum atomic E-state index is 13.8. The fourth-order valence-electron chi connectivity index (χ4n) is 3.49. The highest BCUT2D eigenvalue weighted by Gasteiger charge is 2.42. The fourth-order valence-corrected chi connectivity index (χ4v) is 3.49. The number of imidazole rings is 1. The first-order chi connectivity index (χ1) is 16.6. The Labute approximate surface area is 198 Å². The van der Waals surface area contributed by atoms with Gasteiger partial charge in [-0.25, -0.2) is 22.9 Å². The molecule has 3 rings (SSSR count). The molecule has 0 radical (unpaired) electrons. The first-order valence-electron chi connectivity index (χ1n) is 9.90. The summed E-state index contributed by atoms with van der Waals surface area (Å²) >= 11 is 0. The Morgan fingerprint density at radius 2 is 1.81 bits per heavy atom. The number of rotatable bonds is 5. The molecule has 0 aliphatic carbocycles. The van der Waals surface area contributed by atoms with Gasteiger partial charge in [-0.15, -0.1) is 10.1 Å². The molecule has 0 bridgehead atoms. The summed E-state index contributed by atoms with van der Waals surface area (Å²) in [4.78, 5) is 37.4. The van der Waals surface area contributed by atoms with Gasteiger partial charge >= 0.3 is 12.1 Å². The van der Waals surface area contributed by atoms with Crippen LogP contribution in [0.1, 0.15) is 34.0 Å². The molecule has 1 aliphatic rings. The SMILES string of the molecule is COC(=O)c1nc(C(F)(F)F)n2c1CN(C(=O)C[C@H](N)Cc1cc(F)c(F)cc1F)CC2.O=[N+]([O-])O. The van der Waals surface area contributed by atoms with E-state index in [4.69, 9.17) is 21.1 Å².